The van der Waals surface area contributed by atoms with Crippen molar-refractivity contribution in [2.24, 2.45) is 0 Å². The molecule has 7 heteroatoms. The van der Waals surface area contributed by atoms with E-state index in [0.29, 0.717) is 0 Å². The maximum absolute atomic E-state index is 8.00. The van der Waals surface area contributed by atoms with Gasteiger partial charge in [-0.1, -0.05) is 182 Å². The summed E-state index contributed by atoms with van der Waals surface area (Å²) in [4.78, 5) is 32.0. The molecule has 6 aromatic rings. The predicted octanol–water partition coefficient (Wildman–Crippen LogP) is 6.15. The van der Waals surface area contributed by atoms with Gasteiger partial charge >= 0.3 is 0 Å². The van der Waals surface area contributed by atoms with Crippen LogP contribution in [0.1, 0.15) is 0 Å². The van der Waals surface area contributed by atoms with E-state index in [-0.39, 0.29) is 21.1 Å². The van der Waals surface area contributed by atoms with E-state index in [1.54, 1.807) is 0 Å². The van der Waals surface area contributed by atoms with Gasteiger partial charge in [0, 0.05) is 21.1 Å². The van der Waals surface area contributed by atoms with Gasteiger partial charge in [0.2, 0.25) is 0 Å². The molecule has 4 nitrogen and oxygen atoms in total. The number of rotatable bonds is 6. The Hall–Kier alpha value is -4.45. The molecule has 0 N–H and O–H groups in total. The fraction of sp³-hybridized carbons (Fsp3) is 0. The van der Waals surface area contributed by atoms with Crippen molar-refractivity contribution in [3.05, 3.63) is 182 Å². The molecule has 6 aromatic carbocycles. The van der Waals surface area contributed by atoms with Crippen LogP contribution in [0.15, 0.2) is 182 Å². The van der Waals surface area contributed by atoms with Gasteiger partial charge in [0.25, 0.3) is 0 Å². The smallest absolute Gasteiger partial charge is 0.106 e. The van der Waals surface area contributed by atoms with Crippen LogP contribution < -0.4 is 31.8 Å². The minimum absolute atomic E-state index is 0. The first kappa shape index (κ1) is 42.5. The van der Waals surface area contributed by atoms with E-state index in [9.17, 15) is 0 Å². The van der Waals surface area contributed by atoms with Gasteiger partial charge in [-0.2, -0.15) is 0 Å². The molecule has 0 saturated carbocycles. The Bertz CT molecular complexity index is 1250. The molecule has 0 amide bonds. The maximum atomic E-state index is 8.00. The Balaban J connectivity index is 0.000000731. The van der Waals surface area contributed by atoms with Gasteiger partial charge in [0.15, 0.2) is 0 Å². The standard InChI is InChI=1S/2C18H15P.4CH2O.Mo/c2*1-4-10-16(11-5-1)19(17-12-6-2-7-13-17)18-14-8-3-9-15-18;4*1-2;/h2*1-15H;4*1H2;. The summed E-state index contributed by atoms with van der Waals surface area (Å²) in [6.45, 7) is 8.00. The van der Waals surface area contributed by atoms with Crippen molar-refractivity contribution in [3.63, 3.8) is 0 Å². The number of benzene rings is 6. The molecule has 0 aromatic heterocycles. The van der Waals surface area contributed by atoms with E-state index in [1.165, 1.54) is 31.8 Å². The molecule has 238 valence electrons. The number of hydrogen-bond donors (Lipinski definition) is 0. The Morgan fingerprint density at radius 1 is 0.234 bits per heavy atom. The van der Waals surface area contributed by atoms with Crippen molar-refractivity contribution in [3.8, 4) is 0 Å². The third-order valence-electron chi connectivity index (χ3n) is 6.09. The Kier molecular flexibility index (Phi) is 25.2. The van der Waals surface area contributed by atoms with Crippen LogP contribution >= 0.6 is 15.8 Å². The average molecular weight is 741 g/mol. The Morgan fingerprint density at radius 2 is 0.340 bits per heavy atom. The van der Waals surface area contributed by atoms with Gasteiger partial charge in [-0.25, -0.2) is 0 Å². The minimum atomic E-state index is -0.446. The van der Waals surface area contributed by atoms with Crippen LogP contribution in [0.2, 0.25) is 0 Å². The molecule has 0 aliphatic heterocycles. The van der Waals surface area contributed by atoms with Crippen molar-refractivity contribution in [2.75, 3.05) is 0 Å². The van der Waals surface area contributed by atoms with E-state index in [1.807, 2.05) is 27.2 Å². The summed E-state index contributed by atoms with van der Waals surface area (Å²) in [7, 11) is -0.892. The second kappa shape index (κ2) is 27.8. The van der Waals surface area contributed by atoms with Gasteiger partial charge in [-0.05, 0) is 47.7 Å². The first-order valence-corrected chi connectivity index (χ1v) is 16.6. The zero-order chi connectivity index (χ0) is 33.8. The van der Waals surface area contributed by atoms with E-state index in [0.717, 1.165) is 0 Å². The van der Waals surface area contributed by atoms with Crippen LogP contribution in [0.3, 0.4) is 0 Å². The molecule has 0 saturated heterocycles. The topological polar surface area (TPSA) is 68.3 Å². The van der Waals surface area contributed by atoms with Gasteiger partial charge in [0.1, 0.15) is 27.2 Å². The zero-order valence-corrected chi connectivity index (χ0v) is 29.9. The summed E-state index contributed by atoms with van der Waals surface area (Å²) in [5.41, 5.74) is 0. The second-order valence-corrected chi connectivity index (χ2v) is 13.1. The third-order valence-corrected chi connectivity index (χ3v) is 11.0. The van der Waals surface area contributed by atoms with Crippen LogP contribution in [0.25, 0.3) is 0 Å². The number of carbonyl (C=O) groups is 4. The molecule has 0 aliphatic rings. The summed E-state index contributed by atoms with van der Waals surface area (Å²) in [6.07, 6.45) is 0. The Labute approximate surface area is 295 Å². The van der Waals surface area contributed by atoms with Gasteiger partial charge < -0.3 is 19.2 Å². The maximum Gasteiger partial charge on any atom is 0.106 e. The molecule has 0 heterocycles. The third kappa shape index (κ3) is 14.2. The first-order chi connectivity index (χ1) is 22.9. The summed E-state index contributed by atoms with van der Waals surface area (Å²) < 4.78 is 0. The van der Waals surface area contributed by atoms with Gasteiger partial charge in [0.05, 0.1) is 0 Å². The molecular formula is C40H38MoO4P2. The quantitative estimate of drug-likeness (QED) is 0.152. The fourth-order valence-corrected chi connectivity index (χ4v) is 8.97. The average Bonchev–Trinajstić information content (AvgIpc) is 3.18. The SMILES string of the molecule is C=O.C=O.C=O.C=O.[Mo].c1ccc(P(c2ccccc2)c2ccccc2)cc1.c1ccc(P(c2ccccc2)c2ccccc2)cc1. The molecule has 0 spiro atoms. The van der Waals surface area contributed by atoms with E-state index in [2.05, 4.69) is 182 Å². The molecule has 6 rings (SSSR count). The van der Waals surface area contributed by atoms with E-state index < -0.39 is 15.8 Å². The summed E-state index contributed by atoms with van der Waals surface area (Å²) in [5, 5.41) is 8.39. The largest absolute Gasteiger partial charge is 0.307 e. The molecule has 0 bridgehead atoms. The van der Waals surface area contributed by atoms with E-state index in [4.69, 9.17) is 19.2 Å². The van der Waals surface area contributed by atoms with Crippen molar-refractivity contribution in [1.82, 2.24) is 0 Å². The predicted molar refractivity (Wildman–Crippen MR) is 199 cm³/mol. The van der Waals surface area contributed by atoms with E-state index >= 15 is 0 Å². The summed E-state index contributed by atoms with van der Waals surface area (Å²) >= 11 is 0. The van der Waals surface area contributed by atoms with Crippen molar-refractivity contribution < 1.29 is 40.2 Å². The zero-order valence-electron chi connectivity index (χ0n) is 26.1. The number of hydrogen-bond acceptors (Lipinski definition) is 4. The van der Waals surface area contributed by atoms with Crippen molar-refractivity contribution >= 4 is 74.8 Å². The van der Waals surface area contributed by atoms with Crippen LogP contribution in [-0.2, 0) is 40.2 Å². The van der Waals surface area contributed by atoms with Crippen LogP contribution in [0.4, 0.5) is 0 Å². The molecule has 47 heavy (non-hydrogen) atoms. The molecule has 0 fully saturated rings. The van der Waals surface area contributed by atoms with Gasteiger partial charge in [-0.15, -0.1) is 0 Å². The van der Waals surface area contributed by atoms with Gasteiger partial charge in [-0.3, -0.25) is 0 Å². The van der Waals surface area contributed by atoms with Crippen LogP contribution in [0, 0.1) is 0 Å². The normalized spacial score (nSPS) is 8.89. The minimum Gasteiger partial charge on any atom is -0.307 e. The van der Waals surface area contributed by atoms with Crippen molar-refractivity contribution in [1.29, 1.82) is 0 Å². The molecule has 0 aliphatic carbocycles. The summed E-state index contributed by atoms with van der Waals surface area (Å²) in [5.74, 6) is 0. The van der Waals surface area contributed by atoms with Crippen molar-refractivity contribution in [2.45, 2.75) is 0 Å². The number of carbonyl (C=O) groups excluding carboxylic acids is 4. The van der Waals surface area contributed by atoms with Crippen LogP contribution in [0.5, 0.6) is 0 Å². The van der Waals surface area contributed by atoms with Crippen LogP contribution in [-0.4, -0.2) is 27.2 Å². The summed E-state index contributed by atoms with van der Waals surface area (Å²) in [6, 6.07) is 64.7. The molecule has 0 radical (unpaired) electrons. The Morgan fingerprint density at radius 3 is 0.447 bits per heavy atom. The fourth-order valence-electron chi connectivity index (χ4n) is 4.36. The molecule has 0 unspecified atom stereocenters. The monoisotopic (exact) mass is 742 g/mol. The molecular weight excluding hydrogens is 702 g/mol. The second-order valence-electron chi connectivity index (χ2n) is 8.68. The molecule has 0 atom stereocenters. The first-order valence-electron chi connectivity index (χ1n) is 14.0.